The summed E-state index contributed by atoms with van der Waals surface area (Å²) in [6.45, 7) is 3.82. The fourth-order valence-corrected chi connectivity index (χ4v) is 1.80. The van der Waals surface area contributed by atoms with Gasteiger partial charge in [0.25, 0.3) is 0 Å². The molecule has 1 aromatic carbocycles. The molecule has 0 unspecified atom stereocenters. The number of carbonyl (C=O) groups is 2. The number of ether oxygens (including phenoxy) is 2. The number of benzene rings is 1. The number of amides is 1. The van der Waals surface area contributed by atoms with E-state index in [0.717, 1.165) is 24.8 Å². The minimum Gasteiger partial charge on any atom is -0.464 e. The number of rotatable bonds is 8. The van der Waals surface area contributed by atoms with Crippen molar-refractivity contribution in [2.45, 2.75) is 45.8 Å². The van der Waals surface area contributed by atoms with Crippen molar-refractivity contribution in [1.82, 2.24) is 5.32 Å². The SMILES string of the molecule is CCCC[C@H](COC(C)=O)NC(=O)OCc1ccccc1. The number of hydrogen-bond donors (Lipinski definition) is 1. The summed E-state index contributed by atoms with van der Waals surface area (Å²) in [4.78, 5) is 22.6. The fraction of sp³-hybridized carbons (Fsp3) is 0.500. The van der Waals surface area contributed by atoms with Crippen LogP contribution in [0.2, 0.25) is 0 Å². The summed E-state index contributed by atoms with van der Waals surface area (Å²) < 4.78 is 10.1. The highest BCUT2D eigenvalue weighted by molar-refractivity contribution is 5.68. The van der Waals surface area contributed by atoms with E-state index in [1.54, 1.807) is 0 Å². The molecule has 0 bridgehead atoms. The number of hydrogen-bond acceptors (Lipinski definition) is 4. The lowest BCUT2D eigenvalue weighted by atomic mass is 10.1. The van der Waals surface area contributed by atoms with Gasteiger partial charge in [0.2, 0.25) is 0 Å². The van der Waals surface area contributed by atoms with Gasteiger partial charge in [-0.25, -0.2) is 4.79 Å². The minimum atomic E-state index is -0.493. The number of carbonyl (C=O) groups excluding carboxylic acids is 2. The molecule has 1 N–H and O–H groups in total. The van der Waals surface area contributed by atoms with Gasteiger partial charge in [0, 0.05) is 6.92 Å². The lowest BCUT2D eigenvalue weighted by Crippen LogP contribution is -2.39. The molecule has 0 aliphatic carbocycles. The highest BCUT2D eigenvalue weighted by Gasteiger charge is 2.14. The van der Waals surface area contributed by atoms with Crippen LogP contribution in [0.5, 0.6) is 0 Å². The highest BCUT2D eigenvalue weighted by atomic mass is 16.6. The molecule has 1 rings (SSSR count). The molecular formula is C16H23NO4. The Morgan fingerprint density at radius 3 is 2.52 bits per heavy atom. The Balaban J connectivity index is 2.37. The van der Waals surface area contributed by atoms with E-state index in [4.69, 9.17) is 9.47 Å². The molecule has 1 aromatic rings. The average molecular weight is 293 g/mol. The van der Waals surface area contributed by atoms with Crippen molar-refractivity contribution in [3.8, 4) is 0 Å². The first-order valence-corrected chi connectivity index (χ1v) is 7.22. The number of unbranched alkanes of at least 4 members (excludes halogenated alkanes) is 1. The van der Waals surface area contributed by atoms with Crippen LogP contribution in [0.15, 0.2) is 30.3 Å². The molecule has 116 valence electrons. The maximum Gasteiger partial charge on any atom is 0.407 e. The topological polar surface area (TPSA) is 64.6 Å². The molecule has 0 fully saturated rings. The first-order valence-electron chi connectivity index (χ1n) is 7.22. The molecule has 0 aliphatic rings. The molecule has 1 amide bonds. The largest absolute Gasteiger partial charge is 0.464 e. The fourth-order valence-electron chi connectivity index (χ4n) is 1.80. The van der Waals surface area contributed by atoms with E-state index in [9.17, 15) is 9.59 Å². The molecule has 0 aliphatic heterocycles. The van der Waals surface area contributed by atoms with Crippen LogP contribution in [-0.4, -0.2) is 24.7 Å². The van der Waals surface area contributed by atoms with Gasteiger partial charge in [-0.15, -0.1) is 0 Å². The van der Waals surface area contributed by atoms with E-state index < -0.39 is 6.09 Å². The molecular weight excluding hydrogens is 270 g/mol. The van der Waals surface area contributed by atoms with E-state index >= 15 is 0 Å². The van der Waals surface area contributed by atoms with Gasteiger partial charge in [-0.3, -0.25) is 4.79 Å². The third kappa shape index (κ3) is 7.97. The predicted octanol–water partition coefficient (Wildman–Crippen LogP) is 3.03. The summed E-state index contributed by atoms with van der Waals surface area (Å²) in [5.74, 6) is -0.351. The van der Waals surface area contributed by atoms with Crippen LogP contribution in [-0.2, 0) is 20.9 Å². The Morgan fingerprint density at radius 2 is 1.90 bits per heavy atom. The molecule has 21 heavy (non-hydrogen) atoms. The molecule has 0 radical (unpaired) electrons. The second-order valence-electron chi connectivity index (χ2n) is 4.85. The van der Waals surface area contributed by atoms with E-state index in [2.05, 4.69) is 12.2 Å². The van der Waals surface area contributed by atoms with Crippen molar-refractivity contribution < 1.29 is 19.1 Å². The zero-order valence-corrected chi connectivity index (χ0v) is 12.6. The summed E-state index contributed by atoms with van der Waals surface area (Å²) >= 11 is 0. The van der Waals surface area contributed by atoms with Gasteiger partial charge in [0.05, 0.1) is 6.04 Å². The van der Waals surface area contributed by atoms with Crippen LogP contribution >= 0.6 is 0 Å². The minimum absolute atomic E-state index is 0.176. The van der Waals surface area contributed by atoms with E-state index in [0.29, 0.717) is 0 Å². The zero-order valence-electron chi connectivity index (χ0n) is 12.6. The van der Waals surface area contributed by atoms with Gasteiger partial charge in [-0.05, 0) is 12.0 Å². The number of esters is 1. The van der Waals surface area contributed by atoms with Crippen LogP contribution < -0.4 is 5.32 Å². The van der Waals surface area contributed by atoms with Crippen molar-refractivity contribution in [2.75, 3.05) is 6.61 Å². The van der Waals surface area contributed by atoms with Crippen LogP contribution in [0.3, 0.4) is 0 Å². The van der Waals surface area contributed by atoms with Crippen molar-refractivity contribution in [3.05, 3.63) is 35.9 Å². The second kappa shape index (κ2) is 9.80. The first-order chi connectivity index (χ1) is 10.1. The lowest BCUT2D eigenvalue weighted by Gasteiger charge is -2.18. The molecule has 1 atom stereocenters. The standard InChI is InChI=1S/C16H23NO4/c1-3-4-10-15(12-20-13(2)18)17-16(19)21-11-14-8-6-5-7-9-14/h5-9,15H,3-4,10-12H2,1-2H3,(H,17,19)/t15-/m1/s1. The highest BCUT2D eigenvalue weighted by Crippen LogP contribution is 2.04. The van der Waals surface area contributed by atoms with Crippen molar-refractivity contribution in [3.63, 3.8) is 0 Å². The van der Waals surface area contributed by atoms with Crippen LogP contribution in [0.25, 0.3) is 0 Å². The summed E-state index contributed by atoms with van der Waals surface area (Å²) in [5, 5.41) is 2.74. The Morgan fingerprint density at radius 1 is 1.19 bits per heavy atom. The smallest absolute Gasteiger partial charge is 0.407 e. The summed E-state index contributed by atoms with van der Waals surface area (Å²) in [6, 6.07) is 9.25. The zero-order chi connectivity index (χ0) is 15.5. The molecule has 0 saturated heterocycles. The third-order valence-electron chi connectivity index (χ3n) is 2.93. The van der Waals surface area contributed by atoms with E-state index in [-0.39, 0.29) is 25.2 Å². The van der Waals surface area contributed by atoms with E-state index in [1.165, 1.54) is 6.92 Å². The Labute approximate surface area is 125 Å². The van der Waals surface area contributed by atoms with Crippen molar-refractivity contribution in [2.24, 2.45) is 0 Å². The second-order valence-corrected chi connectivity index (χ2v) is 4.85. The monoisotopic (exact) mass is 293 g/mol. The van der Waals surface area contributed by atoms with Gasteiger partial charge < -0.3 is 14.8 Å². The Hall–Kier alpha value is -2.04. The maximum atomic E-state index is 11.8. The van der Waals surface area contributed by atoms with Crippen molar-refractivity contribution in [1.29, 1.82) is 0 Å². The van der Waals surface area contributed by atoms with Gasteiger partial charge in [-0.1, -0.05) is 50.1 Å². The Bertz CT molecular complexity index is 433. The Kier molecular flexibility index (Phi) is 7.94. The third-order valence-corrected chi connectivity index (χ3v) is 2.93. The molecule has 0 heterocycles. The normalized spacial score (nSPS) is 11.5. The summed E-state index contributed by atoms with van der Waals surface area (Å²) in [7, 11) is 0. The van der Waals surface area contributed by atoms with Gasteiger partial charge in [-0.2, -0.15) is 0 Å². The summed E-state index contributed by atoms with van der Waals surface area (Å²) in [6.07, 6.45) is 2.22. The van der Waals surface area contributed by atoms with Gasteiger partial charge >= 0.3 is 12.1 Å². The molecule has 5 nitrogen and oxygen atoms in total. The maximum absolute atomic E-state index is 11.8. The average Bonchev–Trinajstić information content (AvgIpc) is 2.49. The molecule has 0 saturated carbocycles. The molecule has 0 spiro atoms. The van der Waals surface area contributed by atoms with Crippen molar-refractivity contribution >= 4 is 12.1 Å². The lowest BCUT2D eigenvalue weighted by molar-refractivity contribution is -0.141. The van der Waals surface area contributed by atoms with Crippen LogP contribution in [0.4, 0.5) is 4.79 Å². The quantitative estimate of drug-likeness (QED) is 0.748. The van der Waals surface area contributed by atoms with E-state index in [1.807, 2.05) is 30.3 Å². The first kappa shape index (κ1) is 17.0. The molecule has 5 heteroatoms. The van der Waals surface area contributed by atoms with Crippen LogP contribution in [0.1, 0.15) is 38.7 Å². The van der Waals surface area contributed by atoms with Gasteiger partial charge in [0.1, 0.15) is 13.2 Å². The number of alkyl carbamates (subject to hydrolysis) is 1. The predicted molar refractivity (Wildman–Crippen MR) is 79.7 cm³/mol. The molecule has 0 aromatic heterocycles. The summed E-state index contributed by atoms with van der Waals surface area (Å²) in [5.41, 5.74) is 0.928. The van der Waals surface area contributed by atoms with Gasteiger partial charge in [0.15, 0.2) is 0 Å². The van der Waals surface area contributed by atoms with Crippen LogP contribution in [0, 0.1) is 0 Å². The number of nitrogens with one attached hydrogen (secondary N) is 1.